The van der Waals surface area contributed by atoms with Crippen LogP contribution in [0.5, 0.6) is 11.5 Å². The number of methoxy groups -OCH3 is 1. The summed E-state index contributed by atoms with van der Waals surface area (Å²) in [6.07, 6.45) is 1.87. The molecule has 2 aromatic carbocycles. The van der Waals surface area contributed by atoms with Crippen LogP contribution >= 0.6 is 11.6 Å². The first-order valence-corrected chi connectivity index (χ1v) is 7.91. The summed E-state index contributed by atoms with van der Waals surface area (Å²) in [5, 5.41) is 4.38. The second-order valence-corrected chi connectivity index (χ2v) is 5.86. The molecule has 1 aliphatic heterocycles. The van der Waals surface area contributed by atoms with Crippen LogP contribution < -0.4 is 14.8 Å². The molecule has 0 bridgehead atoms. The van der Waals surface area contributed by atoms with Gasteiger partial charge in [0.05, 0.1) is 7.11 Å². The van der Waals surface area contributed by atoms with Gasteiger partial charge in [-0.1, -0.05) is 41.9 Å². The van der Waals surface area contributed by atoms with E-state index in [4.69, 9.17) is 21.1 Å². The first-order chi connectivity index (χ1) is 10.8. The number of rotatable bonds is 5. The quantitative estimate of drug-likeness (QED) is 0.915. The van der Waals surface area contributed by atoms with Crippen molar-refractivity contribution >= 4 is 11.6 Å². The summed E-state index contributed by atoms with van der Waals surface area (Å²) in [5.41, 5.74) is 2.37. The van der Waals surface area contributed by atoms with Gasteiger partial charge in [0.15, 0.2) is 11.5 Å². The van der Waals surface area contributed by atoms with Crippen LogP contribution in [-0.2, 0) is 12.8 Å². The summed E-state index contributed by atoms with van der Waals surface area (Å²) in [6, 6.07) is 14.3. The van der Waals surface area contributed by atoms with Gasteiger partial charge in [0.2, 0.25) is 0 Å². The molecule has 1 aliphatic rings. The Hall–Kier alpha value is -1.71. The monoisotopic (exact) mass is 317 g/mol. The molecule has 2 aromatic rings. The topological polar surface area (TPSA) is 30.5 Å². The van der Waals surface area contributed by atoms with Crippen LogP contribution in [0.2, 0.25) is 5.02 Å². The number of hydrogen-bond acceptors (Lipinski definition) is 3. The second-order valence-electron chi connectivity index (χ2n) is 5.46. The second kappa shape index (κ2) is 7.03. The molecule has 0 amide bonds. The Balaban J connectivity index is 1.56. The van der Waals surface area contributed by atoms with Crippen molar-refractivity contribution in [3.8, 4) is 11.5 Å². The van der Waals surface area contributed by atoms with Gasteiger partial charge in [-0.15, -0.1) is 0 Å². The number of fused-ring (bicyclic) bond motifs is 1. The Labute approximate surface area is 136 Å². The highest BCUT2D eigenvalue weighted by molar-refractivity contribution is 6.31. The zero-order valence-corrected chi connectivity index (χ0v) is 13.4. The van der Waals surface area contributed by atoms with E-state index in [2.05, 4.69) is 17.4 Å². The summed E-state index contributed by atoms with van der Waals surface area (Å²) >= 11 is 6.18. The number of nitrogens with one attached hydrogen (secondary N) is 1. The minimum absolute atomic E-state index is 0.321. The molecule has 0 fully saturated rings. The maximum Gasteiger partial charge on any atom is 0.164 e. The Morgan fingerprint density at radius 1 is 1.23 bits per heavy atom. The number of hydrogen-bond donors (Lipinski definition) is 1. The molecular weight excluding hydrogens is 298 g/mol. The lowest BCUT2D eigenvalue weighted by atomic mass is 10.0. The lowest BCUT2D eigenvalue weighted by Crippen LogP contribution is -2.40. The third kappa shape index (κ3) is 3.37. The molecule has 1 atom stereocenters. The maximum absolute atomic E-state index is 6.18. The normalized spacial score (nSPS) is 16.7. The van der Waals surface area contributed by atoms with Gasteiger partial charge in [-0.05, 0) is 42.6 Å². The fraction of sp³-hybridized carbons (Fsp3) is 0.333. The number of para-hydroxylation sites is 1. The number of halogens is 1. The van der Waals surface area contributed by atoms with E-state index in [9.17, 15) is 0 Å². The molecule has 0 aromatic heterocycles. The minimum atomic E-state index is 0.321. The Morgan fingerprint density at radius 2 is 2.09 bits per heavy atom. The van der Waals surface area contributed by atoms with E-state index < -0.39 is 0 Å². The maximum atomic E-state index is 6.18. The van der Waals surface area contributed by atoms with Gasteiger partial charge in [0.1, 0.15) is 6.61 Å². The third-order valence-corrected chi connectivity index (χ3v) is 4.33. The average molecular weight is 318 g/mol. The summed E-state index contributed by atoms with van der Waals surface area (Å²) in [5.74, 6) is 1.70. The fourth-order valence-corrected chi connectivity index (χ4v) is 3.03. The first-order valence-electron chi connectivity index (χ1n) is 7.53. The predicted octanol–water partition coefficient (Wildman–Crippen LogP) is 3.48. The molecule has 1 N–H and O–H groups in total. The van der Waals surface area contributed by atoms with Gasteiger partial charge >= 0.3 is 0 Å². The number of benzene rings is 2. The van der Waals surface area contributed by atoms with Crippen LogP contribution in [0.25, 0.3) is 0 Å². The van der Waals surface area contributed by atoms with Crippen LogP contribution in [0.1, 0.15) is 11.1 Å². The van der Waals surface area contributed by atoms with Crippen LogP contribution in [0.4, 0.5) is 0 Å². The van der Waals surface area contributed by atoms with Gasteiger partial charge in [-0.3, -0.25) is 0 Å². The Bertz CT molecular complexity index is 645. The lowest BCUT2D eigenvalue weighted by molar-refractivity contribution is 0.228. The van der Waals surface area contributed by atoms with Crippen LogP contribution in [0.15, 0.2) is 42.5 Å². The van der Waals surface area contributed by atoms with Gasteiger partial charge in [-0.25, -0.2) is 0 Å². The molecule has 0 saturated carbocycles. The SMILES string of the molecule is COc1cccc2c1OC[C@@H](NCCc1ccccc1Cl)C2. The molecule has 0 unspecified atom stereocenters. The summed E-state index contributed by atoms with van der Waals surface area (Å²) in [4.78, 5) is 0. The van der Waals surface area contributed by atoms with Crippen molar-refractivity contribution in [2.24, 2.45) is 0 Å². The molecule has 3 nitrogen and oxygen atoms in total. The zero-order valence-electron chi connectivity index (χ0n) is 12.6. The first kappa shape index (κ1) is 15.2. The van der Waals surface area contributed by atoms with Crippen molar-refractivity contribution in [3.05, 3.63) is 58.6 Å². The molecule has 22 heavy (non-hydrogen) atoms. The molecule has 0 aliphatic carbocycles. The summed E-state index contributed by atoms with van der Waals surface area (Å²) in [6.45, 7) is 1.55. The summed E-state index contributed by atoms with van der Waals surface area (Å²) < 4.78 is 11.2. The molecule has 0 radical (unpaired) electrons. The molecule has 4 heteroatoms. The molecular formula is C18H20ClNO2. The van der Waals surface area contributed by atoms with Crippen LogP contribution in [0.3, 0.4) is 0 Å². The smallest absolute Gasteiger partial charge is 0.164 e. The molecule has 0 saturated heterocycles. The van der Waals surface area contributed by atoms with E-state index in [1.165, 1.54) is 11.1 Å². The van der Waals surface area contributed by atoms with E-state index in [0.29, 0.717) is 12.6 Å². The zero-order chi connectivity index (χ0) is 15.4. The van der Waals surface area contributed by atoms with Gasteiger partial charge in [-0.2, -0.15) is 0 Å². The van der Waals surface area contributed by atoms with E-state index in [0.717, 1.165) is 35.9 Å². The molecule has 116 valence electrons. The van der Waals surface area contributed by atoms with Gasteiger partial charge < -0.3 is 14.8 Å². The Morgan fingerprint density at radius 3 is 2.91 bits per heavy atom. The van der Waals surface area contributed by atoms with Gasteiger partial charge in [0.25, 0.3) is 0 Å². The van der Waals surface area contributed by atoms with E-state index in [1.807, 2.05) is 30.3 Å². The largest absolute Gasteiger partial charge is 0.493 e. The van der Waals surface area contributed by atoms with Crippen molar-refractivity contribution in [3.63, 3.8) is 0 Å². The average Bonchev–Trinajstić information content (AvgIpc) is 2.56. The van der Waals surface area contributed by atoms with Crippen LogP contribution in [-0.4, -0.2) is 26.3 Å². The number of ether oxygens (including phenoxy) is 2. The minimum Gasteiger partial charge on any atom is -0.493 e. The van der Waals surface area contributed by atoms with Crippen molar-refractivity contribution in [1.82, 2.24) is 5.32 Å². The van der Waals surface area contributed by atoms with Gasteiger partial charge in [0, 0.05) is 11.1 Å². The van der Waals surface area contributed by atoms with Crippen molar-refractivity contribution in [1.29, 1.82) is 0 Å². The van der Waals surface area contributed by atoms with E-state index in [-0.39, 0.29) is 0 Å². The highest BCUT2D eigenvalue weighted by Crippen LogP contribution is 2.34. The standard InChI is InChI=1S/C18H20ClNO2/c1-21-17-8-4-6-14-11-15(12-22-18(14)17)20-10-9-13-5-2-3-7-16(13)19/h2-8,15,20H,9-12H2,1H3/t15-/m0/s1. The van der Waals surface area contributed by atoms with Crippen molar-refractivity contribution < 1.29 is 9.47 Å². The van der Waals surface area contributed by atoms with Crippen molar-refractivity contribution in [2.75, 3.05) is 20.3 Å². The lowest BCUT2D eigenvalue weighted by Gasteiger charge is -2.27. The highest BCUT2D eigenvalue weighted by Gasteiger charge is 2.22. The Kier molecular flexibility index (Phi) is 4.86. The highest BCUT2D eigenvalue weighted by atomic mass is 35.5. The van der Waals surface area contributed by atoms with E-state index >= 15 is 0 Å². The predicted molar refractivity (Wildman–Crippen MR) is 89.1 cm³/mol. The molecule has 0 spiro atoms. The fourth-order valence-electron chi connectivity index (χ4n) is 2.80. The molecule has 1 heterocycles. The summed E-state index contributed by atoms with van der Waals surface area (Å²) in [7, 11) is 1.67. The molecule has 3 rings (SSSR count). The van der Waals surface area contributed by atoms with Crippen molar-refractivity contribution in [2.45, 2.75) is 18.9 Å². The van der Waals surface area contributed by atoms with E-state index in [1.54, 1.807) is 7.11 Å². The van der Waals surface area contributed by atoms with Crippen LogP contribution in [0, 0.1) is 0 Å². The third-order valence-electron chi connectivity index (χ3n) is 3.96.